The maximum absolute atomic E-state index is 12.8. The Balaban J connectivity index is 3.29. The molecule has 28 heavy (non-hydrogen) atoms. The minimum Gasteiger partial charge on any atom is -0.459 e. The first-order valence-electron chi connectivity index (χ1n) is 10.3. The summed E-state index contributed by atoms with van der Waals surface area (Å²) in [6.07, 6.45) is -3.92. The monoisotopic (exact) mass is 402 g/mol. The molecule has 0 spiro atoms. The topological polar surface area (TPSA) is 113 Å². The standard InChI is InChI=1S/C21H38O7/c1-8-15-20(27-7)19(25)13(5)17(23)11(3)9-10(2)16(22)12(4)18(24)14(6)21(26)28-15/h10-16,18-20,22,24-25H,8-9H2,1-7H3/t10?,11-,12-,13+,14-,15?,16+,18+,19+,20+/m1/s1. The Morgan fingerprint density at radius 3 is 2.04 bits per heavy atom. The molecule has 0 radical (unpaired) electrons. The second-order valence-corrected chi connectivity index (χ2v) is 8.51. The summed E-state index contributed by atoms with van der Waals surface area (Å²) < 4.78 is 11.0. The first-order valence-corrected chi connectivity index (χ1v) is 10.3. The molecule has 0 aromatic carbocycles. The number of ether oxygens (including phenoxy) is 2. The summed E-state index contributed by atoms with van der Waals surface area (Å²) in [5.41, 5.74) is 0. The van der Waals surface area contributed by atoms with Crippen molar-refractivity contribution in [2.75, 3.05) is 7.11 Å². The van der Waals surface area contributed by atoms with Gasteiger partial charge in [0.15, 0.2) is 0 Å². The van der Waals surface area contributed by atoms with Crippen LogP contribution in [0.15, 0.2) is 0 Å². The molecule has 1 aliphatic rings. The summed E-state index contributed by atoms with van der Waals surface area (Å²) in [6.45, 7) is 10.3. The number of Topliss-reactive ketones (excluding diaryl/α,β-unsaturated/α-hetero) is 1. The van der Waals surface area contributed by atoms with Crippen molar-refractivity contribution in [1.82, 2.24) is 0 Å². The summed E-state index contributed by atoms with van der Waals surface area (Å²) in [7, 11) is 1.41. The Morgan fingerprint density at radius 1 is 0.964 bits per heavy atom. The van der Waals surface area contributed by atoms with Gasteiger partial charge in [0.1, 0.15) is 18.0 Å². The average Bonchev–Trinajstić information content (AvgIpc) is 2.68. The van der Waals surface area contributed by atoms with Gasteiger partial charge in [0.2, 0.25) is 0 Å². The largest absolute Gasteiger partial charge is 0.459 e. The van der Waals surface area contributed by atoms with E-state index in [0.29, 0.717) is 12.8 Å². The Bertz CT molecular complexity index is 523. The molecule has 0 aromatic rings. The lowest BCUT2D eigenvalue weighted by atomic mass is 9.78. The summed E-state index contributed by atoms with van der Waals surface area (Å²) >= 11 is 0. The number of carbonyl (C=O) groups is 2. The minimum absolute atomic E-state index is 0.131. The van der Waals surface area contributed by atoms with Crippen LogP contribution in [0.2, 0.25) is 0 Å². The summed E-state index contributed by atoms with van der Waals surface area (Å²) in [5.74, 6) is -3.51. The van der Waals surface area contributed by atoms with Crippen LogP contribution in [-0.2, 0) is 19.1 Å². The minimum atomic E-state index is -1.14. The number of rotatable bonds is 2. The van der Waals surface area contributed by atoms with Gasteiger partial charge in [-0.15, -0.1) is 0 Å². The fourth-order valence-electron chi connectivity index (χ4n) is 4.18. The number of carbonyl (C=O) groups excluding carboxylic acids is 2. The van der Waals surface area contributed by atoms with E-state index in [0.717, 1.165) is 0 Å². The third-order valence-corrected chi connectivity index (χ3v) is 6.36. The van der Waals surface area contributed by atoms with Gasteiger partial charge in [-0.1, -0.05) is 34.6 Å². The molecule has 1 aliphatic heterocycles. The maximum atomic E-state index is 12.8. The normalized spacial score (nSPS) is 44.6. The van der Waals surface area contributed by atoms with E-state index < -0.39 is 54.2 Å². The lowest BCUT2D eigenvalue weighted by molar-refractivity contribution is -0.176. The zero-order chi connectivity index (χ0) is 21.8. The molecule has 1 heterocycles. The molecule has 0 aliphatic carbocycles. The van der Waals surface area contributed by atoms with E-state index >= 15 is 0 Å². The zero-order valence-corrected chi connectivity index (χ0v) is 18.2. The number of hydrogen-bond donors (Lipinski definition) is 3. The molecule has 1 fully saturated rings. The van der Waals surface area contributed by atoms with Crippen LogP contribution in [0.4, 0.5) is 0 Å². The van der Waals surface area contributed by atoms with Gasteiger partial charge in [0.25, 0.3) is 0 Å². The number of aliphatic hydroxyl groups is 3. The van der Waals surface area contributed by atoms with Crippen LogP contribution in [0.5, 0.6) is 0 Å². The number of aliphatic hydroxyl groups excluding tert-OH is 3. The van der Waals surface area contributed by atoms with Crippen molar-refractivity contribution in [3.63, 3.8) is 0 Å². The first-order chi connectivity index (χ1) is 13.0. The molecule has 1 rings (SSSR count). The third kappa shape index (κ3) is 5.53. The Hall–Kier alpha value is -1.02. The van der Waals surface area contributed by atoms with Gasteiger partial charge >= 0.3 is 5.97 Å². The van der Waals surface area contributed by atoms with E-state index in [2.05, 4.69) is 0 Å². The molecule has 1 saturated heterocycles. The number of ketones is 1. The van der Waals surface area contributed by atoms with Crippen LogP contribution in [0.3, 0.4) is 0 Å². The molecule has 0 amide bonds. The van der Waals surface area contributed by atoms with Gasteiger partial charge in [-0.3, -0.25) is 9.59 Å². The molecule has 2 unspecified atom stereocenters. The lowest BCUT2D eigenvalue weighted by Gasteiger charge is -2.36. The van der Waals surface area contributed by atoms with Gasteiger partial charge in [-0.2, -0.15) is 0 Å². The van der Waals surface area contributed by atoms with Gasteiger partial charge < -0.3 is 24.8 Å². The van der Waals surface area contributed by atoms with Crippen molar-refractivity contribution in [1.29, 1.82) is 0 Å². The molecule has 0 saturated carbocycles. The molecule has 10 atom stereocenters. The lowest BCUT2D eigenvalue weighted by Crippen LogP contribution is -2.49. The quantitative estimate of drug-likeness (QED) is 0.601. The van der Waals surface area contributed by atoms with Gasteiger partial charge in [-0.25, -0.2) is 0 Å². The molecule has 7 heteroatoms. The number of hydrogen-bond acceptors (Lipinski definition) is 7. The highest BCUT2D eigenvalue weighted by Crippen LogP contribution is 2.30. The highest BCUT2D eigenvalue weighted by atomic mass is 16.6. The Kier molecular flexibility index (Phi) is 9.53. The second kappa shape index (κ2) is 10.7. The zero-order valence-electron chi connectivity index (χ0n) is 18.2. The highest BCUT2D eigenvalue weighted by Gasteiger charge is 2.41. The van der Waals surface area contributed by atoms with Crippen LogP contribution in [0, 0.1) is 29.6 Å². The van der Waals surface area contributed by atoms with Crippen LogP contribution >= 0.6 is 0 Å². The van der Waals surface area contributed by atoms with E-state index in [-0.39, 0.29) is 17.6 Å². The molecular weight excluding hydrogens is 364 g/mol. The van der Waals surface area contributed by atoms with Gasteiger partial charge in [0.05, 0.1) is 24.2 Å². The average molecular weight is 403 g/mol. The number of cyclic esters (lactones) is 1. The van der Waals surface area contributed by atoms with Crippen LogP contribution in [0.25, 0.3) is 0 Å². The summed E-state index contributed by atoms with van der Waals surface area (Å²) in [6, 6.07) is 0. The Labute approximate surface area is 168 Å². The van der Waals surface area contributed by atoms with Crippen molar-refractivity contribution in [2.24, 2.45) is 29.6 Å². The predicted octanol–water partition coefficient (Wildman–Crippen LogP) is 1.56. The second-order valence-electron chi connectivity index (χ2n) is 8.51. The Morgan fingerprint density at radius 2 is 1.54 bits per heavy atom. The SMILES string of the molecule is CCC1OC(=O)[C@H](C)[C@@H](O)[C@H](C)[C@@H](O)C(C)C[C@@H](C)C(=O)[C@H](C)[C@H](O)[C@H]1OC. The van der Waals surface area contributed by atoms with Crippen molar-refractivity contribution < 1.29 is 34.4 Å². The molecule has 0 aromatic heterocycles. The van der Waals surface area contributed by atoms with Crippen molar-refractivity contribution in [3.8, 4) is 0 Å². The smallest absolute Gasteiger partial charge is 0.311 e. The fraction of sp³-hybridized carbons (Fsp3) is 0.905. The molecule has 3 N–H and O–H groups in total. The summed E-state index contributed by atoms with van der Waals surface area (Å²) in [5, 5.41) is 32.0. The summed E-state index contributed by atoms with van der Waals surface area (Å²) in [4.78, 5) is 25.4. The molecule has 164 valence electrons. The van der Waals surface area contributed by atoms with E-state index in [1.54, 1.807) is 34.6 Å². The van der Waals surface area contributed by atoms with Crippen molar-refractivity contribution in [3.05, 3.63) is 0 Å². The fourth-order valence-corrected chi connectivity index (χ4v) is 4.18. The number of esters is 1. The van der Waals surface area contributed by atoms with Crippen LogP contribution in [-0.4, -0.2) is 64.7 Å². The number of methoxy groups -OCH3 is 1. The van der Waals surface area contributed by atoms with Crippen LogP contribution < -0.4 is 0 Å². The van der Waals surface area contributed by atoms with Crippen molar-refractivity contribution in [2.45, 2.75) is 84.9 Å². The van der Waals surface area contributed by atoms with E-state index in [9.17, 15) is 24.9 Å². The van der Waals surface area contributed by atoms with Crippen molar-refractivity contribution >= 4 is 11.8 Å². The molecule has 0 bridgehead atoms. The molecule has 7 nitrogen and oxygen atoms in total. The first kappa shape index (κ1) is 25.0. The van der Waals surface area contributed by atoms with E-state index in [1.807, 2.05) is 6.92 Å². The van der Waals surface area contributed by atoms with Gasteiger partial charge in [-0.05, 0) is 25.7 Å². The van der Waals surface area contributed by atoms with E-state index in [1.165, 1.54) is 7.11 Å². The van der Waals surface area contributed by atoms with E-state index in [4.69, 9.17) is 9.47 Å². The maximum Gasteiger partial charge on any atom is 0.311 e. The predicted molar refractivity (Wildman–Crippen MR) is 104 cm³/mol. The van der Waals surface area contributed by atoms with Crippen LogP contribution in [0.1, 0.15) is 54.4 Å². The van der Waals surface area contributed by atoms with Gasteiger partial charge in [0, 0.05) is 24.9 Å². The third-order valence-electron chi connectivity index (χ3n) is 6.36. The molecular formula is C21H38O7. The highest BCUT2D eigenvalue weighted by molar-refractivity contribution is 5.83.